The van der Waals surface area contributed by atoms with Crippen molar-refractivity contribution in [3.63, 3.8) is 0 Å². The monoisotopic (exact) mass is 316 g/mol. The highest BCUT2D eigenvalue weighted by Crippen LogP contribution is 2.26. The second-order valence-corrected chi connectivity index (χ2v) is 7.08. The quantitative estimate of drug-likeness (QED) is 0.757. The maximum absolute atomic E-state index is 12.3. The topological polar surface area (TPSA) is 69.6 Å². The Kier molecular flexibility index (Phi) is 7.93. The largest absolute Gasteiger partial charge is 0.481 e. The number of hydrogen-bond donors (Lipinski definition) is 2. The van der Waals surface area contributed by atoms with Gasteiger partial charge < -0.3 is 15.3 Å². The molecular formula is C15H28N2O3S. The third-order valence-corrected chi connectivity index (χ3v) is 5.15. The number of thioether (sulfide) groups is 1. The minimum absolute atomic E-state index is 0.0528. The predicted octanol–water partition coefficient (Wildman–Crippen LogP) is 2.95. The van der Waals surface area contributed by atoms with Gasteiger partial charge in [-0.15, -0.1) is 0 Å². The Hall–Kier alpha value is -0.910. The Bertz CT molecular complexity index is 342. The van der Waals surface area contributed by atoms with E-state index in [1.807, 2.05) is 25.6 Å². The predicted molar refractivity (Wildman–Crippen MR) is 86.8 cm³/mol. The molecule has 1 aliphatic rings. The lowest BCUT2D eigenvalue weighted by atomic mass is 9.95. The minimum atomic E-state index is -0.811. The number of aliphatic carboxylic acids is 1. The summed E-state index contributed by atoms with van der Waals surface area (Å²) in [6.45, 7) is 4.42. The van der Waals surface area contributed by atoms with Crippen LogP contribution in [0.4, 0.5) is 4.79 Å². The Morgan fingerprint density at radius 3 is 2.38 bits per heavy atom. The maximum atomic E-state index is 12.3. The first-order chi connectivity index (χ1) is 9.93. The molecule has 0 aromatic carbocycles. The first-order valence-corrected chi connectivity index (χ1v) is 9.04. The molecule has 2 amide bonds. The summed E-state index contributed by atoms with van der Waals surface area (Å²) in [5, 5.41) is 12.5. The van der Waals surface area contributed by atoms with E-state index in [0.29, 0.717) is 13.0 Å². The minimum Gasteiger partial charge on any atom is -0.481 e. The molecule has 0 radical (unpaired) electrons. The molecule has 0 atom stereocenters. The number of carboxylic acids is 1. The molecule has 0 unspecified atom stereocenters. The lowest BCUT2D eigenvalue weighted by molar-refractivity contribution is -0.137. The molecule has 0 saturated heterocycles. The summed E-state index contributed by atoms with van der Waals surface area (Å²) in [5.74, 6) is -0.811. The van der Waals surface area contributed by atoms with Crippen LogP contribution in [-0.2, 0) is 4.79 Å². The highest BCUT2D eigenvalue weighted by atomic mass is 32.2. The summed E-state index contributed by atoms with van der Waals surface area (Å²) in [7, 11) is 0. The van der Waals surface area contributed by atoms with Crippen molar-refractivity contribution < 1.29 is 14.7 Å². The number of hydrogen-bond acceptors (Lipinski definition) is 3. The van der Waals surface area contributed by atoms with Gasteiger partial charge >= 0.3 is 12.0 Å². The summed E-state index contributed by atoms with van der Waals surface area (Å²) < 4.78 is 0. The van der Waals surface area contributed by atoms with Gasteiger partial charge in [0.25, 0.3) is 0 Å². The summed E-state index contributed by atoms with van der Waals surface area (Å²) in [6.07, 6.45) is 7.15. The second kappa shape index (κ2) is 9.18. The fourth-order valence-corrected chi connectivity index (χ4v) is 3.44. The summed E-state index contributed by atoms with van der Waals surface area (Å²) >= 11 is 1.91. The van der Waals surface area contributed by atoms with Crippen molar-refractivity contribution in [2.45, 2.75) is 69.7 Å². The Labute approximate surface area is 131 Å². The first-order valence-electron chi connectivity index (χ1n) is 7.75. The molecule has 1 saturated carbocycles. The van der Waals surface area contributed by atoms with Gasteiger partial charge in [-0.05, 0) is 52.2 Å². The summed E-state index contributed by atoms with van der Waals surface area (Å²) in [6, 6.07) is 0.297. The van der Waals surface area contributed by atoms with Crippen LogP contribution in [0.2, 0.25) is 0 Å². The van der Waals surface area contributed by atoms with E-state index in [-0.39, 0.29) is 24.5 Å². The van der Waals surface area contributed by atoms with E-state index in [2.05, 4.69) is 11.6 Å². The van der Waals surface area contributed by atoms with E-state index in [4.69, 9.17) is 5.11 Å². The van der Waals surface area contributed by atoms with Gasteiger partial charge in [-0.1, -0.05) is 0 Å². The number of nitrogens with one attached hydrogen (secondary N) is 1. The third-order valence-electron chi connectivity index (χ3n) is 4.01. The molecule has 0 spiro atoms. The second-order valence-electron chi connectivity index (χ2n) is 5.94. The molecule has 122 valence electrons. The van der Waals surface area contributed by atoms with Crippen LogP contribution in [-0.4, -0.2) is 52.1 Å². The molecule has 0 aromatic heterocycles. The van der Waals surface area contributed by atoms with Gasteiger partial charge in [0.15, 0.2) is 0 Å². The van der Waals surface area contributed by atoms with Crippen LogP contribution in [0.5, 0.6) is 0 Å². The fourth-order valence-electron chi connectivity index (χ4n) is 2.70. The van der Waals surface area contributed by atoms with Crippen molar-refractivity contribution in [1.82, 2.24) is 10.2 Å². The van der Waals surface area contributed by atoms with E-state index in [1.165, 1.54) is 0 Å². The zero-order chi connectivity index (χ0) is 15.8. The number of carbonyl (C=O) groups is 2. The van der Waals surface area contributed by atoms with Crippen LogP contribution >= 0.6 is 11.8 Å². The zero-order valence-corrected chi connectivity index (χ0v) is 14.1. The van der Waals surface area contributed by atoms with E-state index in [0.717, 1.165) is 30.9 Å². The Morgan fingerprint density at radius 2 is 1.90 bits per heavy atom. The molecular weight excluding hydrogens is 288 g/mol. The number of carboxylic acid groups (broad SMARTS) is 1. The molecule has 1 rings (SSSR count). The lowest BCUT2D eigenvalue weighted by Crippen LogP contribution is -2.49. The average Bonchev–Trinajstić information content (AvgIpc) is 2.43. The van der Waals surface area contributed by atoms with E-state index in [1.54, 1.807) is 4.90 Å². The standard InChI is InChI=1S/C15H28N2O3S/c1-11(2)17(10-4-5-14(18)19)15(20)16-12-6-8-13(21-3)9-7-12/h11-13H,4-10H2,1-3H3,(H,16,20)(H,18,19). The highest BCUT2D eigenvalue weighted by Gasteiger charge is 2.24. The normalized spacial score (nSPS) is 22.1. The van der Waals surface area contributed by atoms with E-state index in [9.17, 15) is 9.59 Å². The number of carbonyl (C=O) groups excluding carboxylic acids is 1. The van der Waals surface area contributed by atoms with Gasteiger partial charge in [-0.3, -0.25) is 4.79 Å². The van der Waals surface area contributed by atoms with Crippen molar-refractivity contribution >= 4 is 23.8 Å². The average molecular weight is 316 g/mol. The Balaban J connectivity index is 2.40. The van der Waals surface area contributed by atoms with Crippen LogP contribution in [0.15, 0.2) is 0 Å². The van der Waals surface area contributed by atoms with Gasteiger partial charge in [0, 0.05) is 30.3 Å². The Morgan fingerprint density at radius 1 is 1.29 bits per heavy atom. The molecule has 21 heavy (non-hydrogen) atoms. The maximum Gasteiger partial charge on any atom is 0.317 e. The molecule has 0 bridgehead atoms. The molecule has 6 heteroatoms. The molecule has 1 aliphatic carbocycles. The van der Waals surface area contributed by atoms with Crippen molar-refractivity contribution in [2.24, 2.45) is 0 Å². The van der Waals surface area contributed by atoms with Gasteiger partial charge in [-0.25, -0.2) is 4.79 Å². The van der Waals surface area contributed by atoms with Gasteiger partial charge in [0.2, 0.25) is 0 Å². The van der Waals surface area contributed by atoms with Crippen molar-refractivity contribution in [3.8, 4) is 0 Å². The van der Waals surface area contributed by atoms with Gasteiger partial charge in [-0.2, -0.15) is 11.8 Å². The van der Waals surface area contributed by atoms with Crippen LogP contribution in [0.25, 0.3) is 0 Å². The van der Waals surface area contributed by atoms with Gasteiger partial charge in [0.1, 0.15) is 0 Å². The van der Waals surface area contributed by atoms with E-state index >= 15 is 0 Å². The smallest absolute Gasteiger partial charge is 0.317 e. The lowest BCUT2D eigenvalue weighted by Gasteiger charge is -2.32. The number of amides is 2. The molecule has 1 fully saturated rings. The number of rotatable bonds is 7. The molecule has 5 nitrogen and oxygen atoms in total. The highest BCUT2D eigenvalue weighted by molar-refractivity contribution is 7.99. The molecule has 0 aliphatic heterocycles. The first kappa shape index (κ1) is 18.1. The van der Waals surface area contributed by atoms with Crippen LogP contribution in [0.1, 0.15) is 52.4 Å². The zero-order valence-electron chi connectivity index (χ0n) is 13.3. The number of urea groups is 1. The van der Waals surface area contributed by atoms with Crippen LogP contribution < -0.4 is 5.32 Å². The summed E-state index contributed by atoms with van der Waals surface area (Å²) in [5.41, 5.74) is 0. The third kappa shape index (κ3) is 6.59. The summed E-state index contributed by atoms with van der Waals surface area (Å²) in [4.78, 5) is 24.7. The number of nitrogens with zero attached hydrogens (tertiary/aromatic N) is 1. The van der Waals surface area contributed by atoms with Crippen molar-refractivity contribution in [2.75, 3.05) is 12.8 Å². The van der Waals surface area contributed by atoms with Crippen molar-refractivity contribution in [1.29, 1.82) is 0 Å². The van der Waals surface area contributed by atoms with Gasteiger partial charge in [0.05, 0.1) is 0 Å². The molecule has 2 N–H and O–H groups in total. The van der Waals surface area contributed by atoms with E-state index < -0.39 is 5.97 Å². The fraction of sp³-hybridized carbons (Fsp3) is 0.867. The SMILES string of the molecule is CSC1CCC(NC(=O)N(CCCC(=O)O)C(C)C)CC1. The van der Waals surface area contributed by atoms with Crippen LogP contribution in [0, 0.1) is 0 Å². The molecule has 0 heterocycles. The molecule has 0 aromatic rings. The van der Waals surface area contributed by atoms with Crippen LogP contribution in [0.3, 0.4) is 0 Å². The van der Waals surface area contributed by atoms with Crippen molar-refractivity contribution in [3.05, 3.63) is 0 Å².